The maximum Gasteiger partial charge on any atom is 0.200 e. The fourth-order valence-corrected chi connectivity index (χ4v) is 6.46. The molecule has 1 atom stereocenters. The van der Waals surface area contributed by atoms with E-state index in [0.29, 0.717) is 0 Å². The molecule has 25 heteroatoms. The van der Waals surface area contributed by atoms with Crippen LogP contribution in [0.25, 0.3) is 22.3 Å². The molecule has 0 fully saturated rings. The molecule has 5 aromatic rings. The first kappa shape index (κ1) is 44.4. The van der Waals surface area contributed by atoms with Crippen LogP contribution in [0.1, 0.15) is 40.2 Å². The molecule has 0 saturated carbocycles. The topological polar surface area (TPSA) is 0 Å². The highest BCUT2D eigenvalue weighted by atomic mass is 19.2. The van der Waals surface area contributed by atoms with Crippen LogP contribution >= 0.6 is 0 Å². The van der Waals surface area contributed by atoms with Crippen molar-refractivity contribution >= 4 is 22.3 Å². The highest BCUT2D eigenvalue weighted by Crippen LogP contribution is 2.59. The van der Waals surface area contributed by atoms with Gasteiger partial charge in [0.1, 0.15) is 0 Å². The molecule has 6 rings (SSSR count). The SMILES string of the molecule is Fc1c(F)c(F)c(C2=C(c3c(F)c(F)c(F)c(F)c3F)C(c3c(F)c(F)c(F)c(F)c3F)=C(c3c(F)c(F)c(F)c(F)c3F)C(c3c(F)c(F)c(F)c(F)c3F)C2)c(F)c1F. The molecule has 0 radical (unpaired) electrons. The van der Waals surface area contributed by atoms with Crippen LogP contribution in [0.5, 0.6) is 0 Å². The van der Waals surface area contributed by atoms with E-state index >= 15 is 43.9 Å². The van der Waals surface area contributed by atoms with E-state index in [-0.39, 0.29) is 0 Å². The summed E-state index contributed by atoms with van der Waals surface area (Å²) in [7, 11) is 0. The van der Waals surface area contributed by atoms with Gasteiger partial charge in [-0.1, -0.05) is 0 Å². The quantitative estimate of drug-likeness (QED) is 0.0936. The van der Waals surface area contributed by atoms with Gasteiger partial charge in [0, 0.05) is 22.6 Å². The molecule has 0 aliphatic heterocycles. The van der Waals surface area contributed by atoms with E-state index in [2.05, 4.69) is 0 Å². The van der Waals surface area contributed by atoms with E-state index in [9.17, 15) is 65.9 Å². The molecule has 1 aliphatic carbocycles. The van der Waals surface area contributed by atoms with Gasteiger partial charge in [-0.3, -0.25) is 0 Å². The van der Waals surface area contributed by atoms with Gasteiger partial charge in [-0.25, -0.2) is 110 Å². The lowest BCUT2D eigenvalue weighted by Gasteiger charge is -2.35. The van der Waals surface area contributed by atoms with Crippen molar-refractivity contribution in [2.24, 2.45) is 0 Å². The van der Waals surface area contributed by atoms with E-state index in [0.717, 1.165) is 0 Å². The second kappa shape index (κ2) is 15.1. The largest absolute Gasteiger partial charge is 0.203 e. The van der Waals surface area contributed by atoms with Crippen molar-refractivity contribution in [2.45, 2.75) is 12.3 Å². The highest BCUT2D eigenvalue weighted by molar-refractivity contribution is 6.24. The predicted octanol–water partition coefficient (Wildman–Crippen LogP) is 12.9. The average Bonchev–Trinajstić information content (AvgIpc) is 3.23. The van der Waals surface area contributed by atoms with Gasteiger partial charge < -0.3 is 0 Å². The number of hydrogen-bond acceptors (Lipinski definition) is 0. The van der Waals surface area contributed by atoms with Gasteiger partial charge in [0.05, 0.1) is 22.3 Å². The van der Waals surface area contributed by atoms with Crippen LogP contribution in [0.15, 0.2) is 0 Å². The van der Waals surface area contributed by atoms with Crippen LogP contribution in [0, 0.1) is 145 Å². The molecule has 0 N–H and O–H groups in total. The molecule has 1 unspecified atom stereocenters. The van der Waals surface area contributed by atoms with E-state index in [1.807, 2.05) is 0 Å². The Morgan fingerprint density at radius 2 is 0.426 bits per heavy atom. The Morgan fingerprint density at radius 3 is 0.721 bits per heavy atom. The van der Waals surface area contributed by atoms with Gasteiger partial charge in [0.25, 0.3) is 0 Å². The number of hydrogen-bond donors (Lipinski definition) is 0. The smallest absolute Gasteiger partial charge is 0.200 e. The van der Waals surface area contributed by atoms with Gasteiger partial charge in [-0.15, -0.1) is 0 Å². The summed E-state index contributed by atoms with van der Waals surface area (Å²) in [6, 6.07) is 0. The lowest BCUT2D eigenvalue weighted by atomic mass is 9.68. The summed E-state index contributed by atoms with van der Waals surface area (Å²) in [5, 5.41) is 0. The van der Waals surface area contributed by atoms with Crippen LogP contribution in [0.2, 0.25) is 0 Å². The average molecular weight is 910 g/mol. The normalized spacial score (nSPS) is 14.6. The number of halogens is 25. The summed E-state index contributed by atoms with van der Waals surface area (Å²) in [4.78, 5) is 0. The lowest BCUT2D eigenvalue weighted by molar-refractivity contribution is 0.366. The summed E-state index contributed by atoms with van der Waals surface area (Å²) in [5.74, 6) is -88.5. The zero-order valence-corrected chi connectivity index (χ0v) is 27.7. The fraction of sp³-hybridized carbons (Fsp3) is 0.0556. The fourth-order valence-electron chi connectivity index (χ4n) is 6.46. The van der Waals surface area contributed by atoms with Crippen LogP contribution in [0.3, 0.4) is 0 Å². The monoisotopic (exact) mass is 910 g/mol. The Balaban J connectivity index is 2.15. The summed E-state index contributed by atoms with van der Waals surface area (Å²) in [6.45, 7) is 0. The van der Waals surface area contributed by atoms with Crippen molar-refractivity contribution < 1.29 is 110 Å². The zero-order chi connectivity index (χ0) is 45.9. The second-order valence-electron chi connectivity index (χ2n) is 12.2. The second-order valence-corrected chi connectivity index (χ2v) is 12.2. The predicted molar refractivity (Wildman–Crippen MR) is 152 cm³/mol. The molecule has 5 aromatic carbocycles. The third-order valence-electron chi connectivity index (χ3n) is 9.08. The van der Waals surface area contributed by atoms with Crippen molar-refractivity contribution in [3.8, 4) is 0 Å². The van der Waals surface area contributed by atoms with Crippen LogP contribution in [-0.2, 0) is 0 Å². The molecule has 0 aromatic heterocycles. The molecule has 0 saturated heterocycles. The molecular weight excluding hydrogens is 907 g/mol. The van der Waals surface area contributed by atoms with E-state index < -0.39 is 208 Å². The Morgan fingerprint density at radius 1 is 0.213 bits per heavy atom. The molecule has 0 bridgehead atoms. The molecule has 322 valence electrons. The van der Waals surface area contributed by atoms with Crippen molar-refractivity contribution in [3.05, 3.63) is 173 Å². The minimum atomic E-state index is -4.06. The van der Waals surface area contributed by atoms with Crippen LogP contribution in [0.4, 0.5) is 110 Å². The van der Waals surface area contributed by atoms with Gasteiger partial charge in [0.2, 0.25) is 29.1 Å². The minimum absolute atomic E-state index is 2.67. The molecule has 1 aliphatic rings. The van der Waals surface area contributed by atoms with Gasteiger partial charge >= 0.3 is 0 Å². The number of allylic oxidation sites excluding steroid dienone is 4. The van der Waals surface area contributed by atoms with E-state index in [4.69, 9.17) is 0 Å². The Labute approximate surface area is 318 Å². The molecule has 0 nitrogen and oxygen atoms in total. The van der Waals surface area contributed by atoms with Crippen molar-refractivity contribution in [3.63, 3.8) is 0 Å². The molecular formula is C36H3F25. The van der Waals surface area contributed by atoms with Crippen molar-refractivity contribution in [1.82, 2.24) is 0 Å². The van der Waals surface area contributed by atoms with E-state index in [1.54, 1.807) is 0 Å². The highest BCUT2D eigenvalue weighted by Gasteiger charge is 2.47. The molecule has 0 heterocycles. The van der Waals surface area contributed by atoms with Crippen molar-refractivity contribution in [1.29, 1.82) is 0 Å². The summed E-state index contributed by atoms with van der Waals surface area (Å²) >= 11 is 0. The molecule has 0 spiro atoms. The maximum atomic E-state index is 15.9. The number of benzene rings is 5. The summed E-state index contributed by atoms with van der Waals surface area (Å²) in [6.07, 6.45) is -2.79. The maximum absolute atomic E-state index is 15.9. The summed E-state index contributed by atoms with van der Waals surface area (Å²) in [5.41, 5.74) is -27.0. The van der Waals surface area contributed by atoms with Gasteiger partial charge in [-0.05, 0) is 17.6 Å². The van der Waals surface area contributed by atoms with Crippen molar-refractivity contribution in [2.75, 3.05) is 0 Å². The van der Waals surface area contributed by atoms with Crippen LogP contribution < -0.4 is 0 Å². The molecule has 0 amide bonds. The zero-order valence-electron chi connectivity index (χ0n) is 27.7. The summed E-state index contributed by atoms with van der Waals surface area (Å²) < 4.78 is 378. The Kier molecular flexibility index (Phi) is 11.0. The lowest BCUT2D eigenvalue weighted by Crippen LogP contribution is -2.23. The molecule has 61 heavy (non-hydrogen) atoms. The Hall–Kier alpha value is -6.17. The third kappa shape index (κ3) is 6.11. The standard InChI is InChI=1S/C36H3F25/c37-12-6(13(38)23(48)32(57)22(12)47)2-1-3(7-14(39)24(49)33(58)25(50)15(7)40)5(10-18(43)28(53)35(60)29(54)19(10)44)8(11-20(45)30(55)36(61)31(56)21(11)46)4(2)9-16(41)26(51)34(59)27(52)17(9)42/h2H,1H2. The first-order valence-corrected chi connectivity index (χ1v) is 15.3. The Bertz CT molecular complexity index is 2740. The first-order chi connectivity index (χ1) is 28.3. The van der Waals surface area contributed by atoms with Crippen LogP contribution in [-0.4, -0.2) is 0 Å². The first-order valence-electron chi connectivity index (χ1n) is 15.3. The minimum Gasteiger partial charge on any atom is -0.203 e. The third-order valence-corrected chi connectivity index (χ3v) is 9.08. The van der Waals surface area contributed by atoms with E-state index in [1.165, 1.54) is 0 Å². The number of rotatable bonds is 5. The van der Waals surface area contributed by atoms with Gasteiger partial charge in [0.15, 0.2) is 116 Å². The van der Waals surface area contributed by atoms with Gasteiger partial charge in [-0.2, -0.15) is 0 Å².